The Balaban J connectivity index is 0.000000163. The number of methoxy groups -OCH3 is 2. The highest BCUT2D eigenvalue weighted by Crippen LogP contribution is 2.43. The number of alkyl halides is 3. The topological polar surface area (TPSA) is 231 Å². The molecule has 6 aromatic rings. The van der Waals surface area contributed by atoms with E-state index >= 15 is 0 Å². The summed E-state index contributed by atoms with van der Waals surface area (Å²) in [5.41, 5.74) is 8.45. The van der Waals surface area contributed by atoms with Crippen LogP contribution in [0.25, 0.3) is 11.0 Å². The summed E-state index contributed by atoms with van der Waals surface area (Å²) in [5.74, 6) is 2.10. The molecule has 2 saturated heterocycles. The second-order valence-electron chi connectivity index (χ2n) is 19.9. The summed E-state index contributed by atoms with van der Waals surface area (Å²) in [6.07, 6.45) is 14.2. The third-order valence-corrected chi connectivity index (χ3v) is 15.1. The van der Waals surface area contributed by atoms with Gasteiger partial charge in [0.05, 0.1) is 71.8 Å². The van der Waals surface area contributed by atoms with Crippen molar-refractivity contribution in [3.05, 3.63) is 97.6 Å². The number of amides is 2. The van der Waals surface area contributed by atoms with E-state index in [4.69, 9.17) is 20.3 Å². The molecule has 4 aliphatic rings. The quantitative estimate of drug-likeness (QED) is 0.0314. The number of hydrogen-bond acceptors (Lipinski definition) is 17. The number of ether oxygens (including phenoxy) is 2. The van der Waals surface area contributed by atoms with E-state index in [2.05, 4.69) is 108 Å². The van der Waals surface area contributed by atoms with Crippen molar-refractivity contribution in [1.29, 1.82) is 0 Å². The van der Waals surface area contributed by atoms with Gasteiger partial charge in [-0.25, -0.2) is 14.0 Å². The Morgan fingerprint density at radius 3 is 1.59 bits per heavy atom. The highest BCUT2D eigenvalue weighted by Gasteiger charge is 2.49. The molecule has 0 unspecified atom stereocenters. The number of aromatic nitrogens is 6. The number of nitrogens with one attached hydrogen (secondary N) is 3. The molecule has 10 rings (SSSR count). The van der Waals surface area contributed by atoms with Gasteiger partial charge in [-0.2, -0.15) is 26.6 Å². The minimum atomic E-state index is -5.76. The lowest BCUT2D eigenvalue weighted by Crippen LogP contribution is -2.42. The lowest BCUT2D eigenvalue weighted by Gasteiger charge is -2.37. The van der Waals surface area contributed by atoms with Crippen LogP contribution in [-0.4, -0.2) is 145 Å². The molecule has 21 nitrogen and oxygen atoms in total. The normalized spacial score (nSPS) is 16.2. The Bertz CT molecular complexity index is 3250. The van der Waals surface area contributed by atoms with Gasteiger partial charge in [0.15, 0.2) is 0 Å². The third kappa shape index (κ3) is 13.4. The number of halogens is 3. The average Bonchev–Trinajstić information content (AvgIpc) is 4.44. The second-order valence-corrected chi connectivity index (χ2v) is 21.4. The van der Waals surface area contributed by atoms with Gasteiger partial charge in [-0.1, -0.05) is 13.2 Å². The zero-order chi connectivity index (χ0) is 56.1. The Kier molecular flexibility index (Phi) is 17.4. The minimum Gasteiger partial charge on any atom is -0.495 e. The number of fused-ring (bicyclic) bond motifs is 2. The molecule has 4 aromatic heterocycles. The molecule has 418 valence electrons. The number of nitrogens with zero attached hydrogens (tertiary/aromatic N) is 10. The van der Waals surface area contributed by atoms with E-state index in [1.54, 1.807) is 32.4 Å². The predicted molar refractivity (Wildman–Crippen MR) is 295 cm³/mol. The minimum absolute atomic E-state index is 0.251. The molecule has 0 bridgehead atoms. The van der Waals surface area contributed by atoms with Crippen LogP contribution in [-0.2, 0) is 19.7 Å². The number of nitrogen functional groups attached to an aromatic ring is 1. The maximum Gasteiger partial charge on any atom is 0.534 e. The van der Waals surface area contributed by atoms with Gasteiger partial charge in [-0.05, 0) is 128 Å². The largest absolute Gasteiger partial charge is 0.534 e. The van der Waals surface area contributed by atoms with Crippen molar-refractivity contribution in [3.8, 4) is 17.5 Å². The van der Waals surface area contributed by atoms with Gasteiger partial charge in [0, 0.05) is 73.6 Å². The van der Waals surface area contributed by atoms with Crippen molar-refractivity contribution in [2.75, 3.05) is 100 Å². The number of benzene rings is 2. The number of carbonyl (C=O) groups is 2. The number of anilines is 7. The first-order valence-electron chi connectivity index (χ1n) is 25.6. The maximum absolute atomic E-state index is 12.3. The fraction of sp³-hybridized carbons (Fsp3) is 0.434. The van der Waals surface area contributed by atoms with E-state index in [1.807, 2.05) is 28.9 Å². The third-order valence-electron chi connectivity index (χ3n) is 14.2. The molecule has 78 heavy (non-hydrogen) atoms. The summed E-state index contributed by atoms with van der Waals surface area (Å²) < 4.78 is 76.7. The summed E-state index contributed by atoms with van der Waals surface area (Å²) in [7, 11) is 5.96. The Morgan fingerprint density at radius 2 is 1.14 bits per heavy atom. The SMILES string of the molecule is C=CC(=O)Nc1cc(N)c(OC)cc1N1CCC(N(C)C)CC1.C=CC(=O)Nc1cc(Nc2ncc3ccc(C4CC4)n3n2)c(OC)cc1N1CCC(N(C)C)CC1.O=S(=O)(Oc1ncc2ccc(C3CC3)n2n1)C(F)(F)F. The first-order chi connectivity index (χ1) is 37.2. The Hall–Kier alpha value is -7.64. The number of carbonyl (C=O) groups excluding carboxylic acids is 2. The zero-order valence-electron chi connectivity index (χ0n) is 44.6. The summed E-state index contributed by atoms with van der Waals surface area (Å²) in [5, 5.41) is 17.6. The van der Waals surface area contributed by atoms with Gasteiger partial charge in [-0.15, -0.1) is 10.2 Å². The molecule has 6 heterocycles. The van der Waals surface area contributed by atoms with E-state index in [1.165, 1.54) is 41.4 Å². The number of rotatable bonds is 16. The molecule has 25 heteroatoms. The molecular weight excluding hydrogens is 1030 g/mol. The van der Waals surface area contributed by atoms with Crippen LogP contribution in [0.1, 0.15) is 74.6 Å². The molecule has 2 amide bonds. The lowest BCUT2D eigenvalue weighted by atomic mass is 10.0. The lowest BCUT2D eigenvalue weighted by molar-refractivity contribution is -0.112. The first kappa shape index (κ1) is 56.6. The molecule has 4 fully saturated rings. The average molecular weight is 1100 g/mol. The highest BCUT2D eigenvalue weighted by molar-refractivity contribution is 7.87. The van der Waals surface area contributed by atoms with Crippen LogP contribution in [0.15, 0.2) is 86.2 Å². The molecular formula is C53H67F3N14O7S. The summed E-state index contributed by atoms with van der Waals surface area (Å²) in [6, 6.07) is 15.5. The summed E-state index contributed by atoms with van der Waals surface area (Å²) in [6.45, 7) is 10.7. The van der Waals surface area contributed by atoms with E-state index in [-0.39, 0.29) is 11.8 Å². The van der Waals surface area contributed by atoms with Gasteiger partial charge < -0.3 is 54.9 Å². The smallest absolute Gasteiger partial charge is 0.495 e. The fourth-order valence-corrected chi connectivity index (χ4v) is 9.87. The molecule has 2 saturated carbocycles. The zero-order valence-corrected chi connectivity index (χ0v) is 45.4. The molecule has 2 aliphatic carbocycles. The van der Waals surface area contributed by atoms with Crippen LogP contribution < -0.4 is 45.1 Å². The van der Waals surface area contributed by atoms with Gasteiger partial charge >= 0.3 is 21.6 Å². The summed E-state index contributed by atoms with van der Waals surface area (Å²) in [4.78, 5) is 41.0. The number of piperidine rings is 2. The van der Waals surface area contributed by atoms with Crippen LogP contribution in [0.4, 0.5) is 53.2 Å². The van der Waals surface area contributed by atoms with Crippen molar-refractivity contribution in [3.63, 3.8) is 0 Å². The molecule has 5 N–H and O–H groups in total. The van der Waals surface area contributed by atoms with Gasteiger partial charge in [0.1, 0.15) is 11.5 Å². The molecule has 2 aliphatic heterocycles. The molecule has 2 aromatic carbocycles. The maximum atomic E-state index is 12.3. The van der Waals surface area contributed by atoms with E-state index in [9.17, 15) is 31.2 Å². The Labute approximate surface area is 451 Å². The fourth-order valence-electron chi connectivity index (χ4n) is 9.50. The Morgan fingerprint density at radius 1 is 0.679 bits per heavy atom. The highest BCUT2D eigenvalue weighted by atomic mass is 32.2. The molecule has 0 spiro atoms. The van der Waals surface area contributed by atoms with Crippen molar-refractivity contribution in [1.82, 2.24) is 39.0 Å². The van der Waals surface area contributed by atoms with E-state index < -0.39 is 21.6 Å². The van der Waals surface area contributed by atoms with Crippen LogP contribution in [0.2, 0.25) is 0 Å². The number of hydrogen-bond donors (Lipinski definition) is 4. The second kappa shape index (κ2) is 23.9. The van der Waals surface area contributed by atoms with Crippen molar-refractivity contribution in [2.24, 2.45) is 0 Å². The van der Waals surface area contributed by atoms with E-state index in [0.717, 1.165) is 87.3 Å². The van der Waals surface area contributed by atoms with Gasteiger partial charge in [-0.3, -0.25) is 9.59 Å². The molecule has 0 radical (unpaired) electrons. The van der Waals surface area contributed by atoms with Gasteiger partial charge in [0.2, 0.25) is 17.8 Å². The molecule has 0 atom stereocenters. The number of nitrogens with two attached hydrogens (primary N) is 1. The summed E-state index contributed by atoms with van der Waals surface area (Å²) >= 11 is 0. The first-order valence-corrected chi connectivity index (χ1v) is 27.0. The van der Waals surface area contributed by atoms with Crippen LogP contribution in [0, 0.1) is 0 Å². The van der Waals surface area contributed by atoms with Crippen molar-refractivity contribution in [2.45, 2.75) is 80.8 Å². The van der Waals surface area contributed by atoms with Crippen molar-refractivity contribution < 1.29 is 44.8 Å². The van der Waals surface area contributed by atoms with E-state index in [0.29, 0.717) is 69.6 Å². The standard InChI is InChI=1S/C26H33N7O2.C17H26N4O2.C10H8F3N3O3S/c1-5-25(34)28-20-14-21(24(35-4)15-23(20)32-12-10-18(11-13-32)31(2)3)29-26-27-16-19-8-9-22(17-6-7-17)33(19)30-26;1-5-17(22)19-14-10-13(18)16(23-4)11-15(14)21-8-6-12(7-9-21)20(2)3;11-10(12,13)20(17,18)19-9-14-5-7-3-4-8(6-1-2-6)16(7)15-9/h5,8-9,14-18H,1,6-7,10-13H2,2-4H3,(H,28,34)(H,29,30);5,10-12H,1,6-9,18H2,2-4H3,(H,19,22);3-6H,1-2H2. The predicted octanol–water partition coefficient (Wildman–Crippen LogP) is 7.78. The monoisotopic (exact) mass is 1100 g/mol. The van der Waals surface area contributed by atoms with Gasteiger partial charge in [0.25, 0.3) is 0 Å². The van der Waals surface area contributed by atoms with Crippen LogP contribution >= 0.6 is 0 Å². The van der Waals surface area contributed by atoms with Crippen LogP contribution in [0.5, 0.6) is 17.5 Å². The van der Waals surface area contributed by atoms with Crippen molar-refractivity contribution >= 4 is 73.0 Å². The van der Waals surface area contributed by atoms with Crippen LogP contribution in [0.3, 0.4) is 0 Å².